The first-order chi connectivity index (χ1) is 14.8. The number of nitrogens with one attached hydrogen (secondary N) is 2. The molecule has 1 aliphatic heterocycles. The lowest BCUT2D eigenvalue weighted by molar-refractivity contribution is -0.121. The van der Waals surface area contributed by atoms with E-state index in [1.807, 2.05) is 0 Å². The highest BCUT2D eigenvalue weighted by molar-refractivity contribution is 7.17. The summed E-state index contributed by atoms with van der Waals surface area (Å²) in [5, 5.41) is 6.56. The first kappa shape index (κ1) is 21.5. The monoisotopic (exact) mass is 448 g/mol. The van der Waals surface area contributed by atoms with Crippen LogP contribution in [0.5, 0.6) is 10.8 Å². The van der Waals surface area contributed by atoms with Crippen molar-refractivity contribution < 1.29 is 23.5 Å². The van der Waals surface area contributed by atoms with E-state index >= 15 is 0 Å². The van der Waals surface area contributed by atoms with Gasteiger partial charge in [0.2, 0.25) is 5.06 Å². The molecular formula is C21H25FN4O4S. The average Bonchev–Trinajstić information content (AvgIpc) is 3.52. The zero-order valence-electron chi connectivity index (χ0n) is 17.4. The number of nitrogens with zero attached hydrogens (tertiary/aromatic N) is 2. The normalized spacial score (nSPS) is 16.7. The predicted octanol–water partition coefficient (Wildman–Crippen LogP) is 3.71. The fourth-order valence-electron chi connectivity index (χ4n) is 3.09. The van der Waals surface area contributed by atoms with Gasteiger partial charge in [0.25, 0.3) is 5.91 Å². The Kier molecular flexibility index (Phi) is 6.10. The minimum atomic E-state index is -1.14. The van der Waals surface area contributed by atoms with Gasteiger partial charge in [-0.1, -0.05) is 11.3 Å². The molecule has 10 heteroatoms. The molecule has 1 saturated carbocycles. The summed E-state index contributed by atoms with van der Waals surface area (Å²) in [6.07, 6.45) is 2.02. The lowest BCUT2D eigenvalue weighted by Crippen LogP contribution is -2.57. The Balaban J connectivity index is 1.43. The van der Waals surface area contributed by atoms with Crippen LogP contribution in [0.1, 0.15) is 38.3 Å². The smallest absolute Gasteiger partial charge is 0.318 e. The fraction of sp³-hybridized carbons (Fsp3) is 0.476. The molecule has 0 atom stereocenters. The second kappa shape index (κ2) is 8.80. The van der Waals surface area contributed by atoms with Crippen molar-refractivity contribution in [2.45, 2.75) is 38.1 Å². The van der Waals surface area contributed by atoms with Crippen molar-refractivity contribution in [2.75, 3.05) is 31.6 Å². The van der Waals surface area contributed by atoms with Crippen LogP contribution in [0.15, 0.2) is 24.3 Å². The van der Waals surface area contributed by atoms with E-state index in [9.17, 15) is 14.0 Å². The van der Waals surface area contributed by atoms with E-state index in [1.54, 1.807) is 30.9 Å². The van der Waals surface area contributed by atoms with Crippen molar-refractivity contribution in [3.05, 3.63) is 35.8 Å². The lowest BCUT2D eigenvalue weighted by atomic mass is 10.1. The molecule has 31 heavy (non-hydrogen) atoms. The number of hydrogen-bond acceptors (Lipinski definition) is 6. The van der Waals surface area contributed by atoms with Crippen LogP contribution >= 0.6 is 11.3 Å². The number of carbonyl (C=O) groups is 2. The standard InChI is InChI=1S/C21H25FN4O4S/c1-21(2,25-20(28)26-9-11-29-12-10-26)18(27)24-19-23-16(13-3-4-13)17(31-19)30-15-7-5-14(22)6-8-15/h5-8,13H,3-4,9-12H2,1-2H3,(H,25,28)(H,23,24,27). The number of ether oxygens (including phenoxy) is 2. The molecule has 1 aromatic heterocycles. The largest absolute Gasteiger partial charge is 0.445 e. The fourth-order valence-corrected chi connectivity index (χ4v) is 4.01. The number of aromatic nitrogens is 1. The zero-order valence-corrected chi connectivity index (χ0v) is 18.3. The number of halogens is 1. The van der Waals surface area contributed by atoms with E-state index < -0.39 is 5.54 Å². The van der Waals surface area contributed by atoms with Crippen molar-refractivity contribution in [3.63, 3.8) is 0 Å². The quantitative estimate of drug-likeness (QED) is 0.703. The molecule has 2 fully saturated rings. The summed E-state index contributed by atoms with van der Waals surface area (Å²) in [5.41, 5.74) is -0.349. The van der Waals surface area contributed by atoms with Crippen LogP contribution in [-0.2, 0) is 9.53 Å². The molecule has 2 aromatic rings. The van der Waals surface area contributed by atoms with Gasteiger partial charge in [-0.15, -0.1) is 0 Å². The summed E-state index contributed by atoms with van der Waals surface area (Å²) in [5.74, 6) is 0.0845. The van der Waals surface area contributed by atoms with Gasteiger partial charge < -0.3 is 19.7 Å². The molecule has 4 rings (SSSR count). The maximum absolute atomic E-state index is 13.2. The summed E-state index contributed by atoms with van der Waals surface area (Å²) < 4.78 is 24.3. The Labute approximate surface area is 183 Å². The van der Waals surface area contributed by atoms with E-state index in [1.165, 1.54) is 23.5 Å². The first-order valence-corrected chi connectivity index (χ1v) is 11.0. The van der Waals surface area contributed by atoms with Crippen LogP contribution in [-0.4, -0.2) is 53.7 Å². The lowest BCUT2D eigenvalue weighted by Gasteiger charge is -2.31. The maximum atomic E-state index is 13.2. The Bertz CT molecular complexity index is 953. The summed E-state index contributed by atoms with van der Waals surface area (Å²) in [7, 11) is 0. The number of anilines is 1. The Morgan fingerprint density at radius 1 is 1.23 bits per heavy atom. The summed E-state index contributed by atoms with van der Waals surface area (Å²) >= 11 is 1.22. The number of amides is 3. The van der Waals surface area contributed by atoms with Gasteiger partial charge in [0.05, 0.1) is 13.2 Å². The van der Waals surface area contributed by atoms with Crippen molar-refractivity contribution in [1.82, 2.24) is 15.2 Å². The molecule has 3 amide bonds. The molecule has 1 aromatic carbocycles. The molecule has 0 bridgehead atoms. The molecule has 0 spiro atoms. The van der Waals surface area contributed by atoms with Gasteiger partial charge in [-0.3, -0.25) is 10.1 Å². The summed E-state index contributed by atoms with van der Waals surface area (Å²) in [6, 6.07) is 5.45. The summed E-state index contributed by atoms with van der Waals surface area (Å²) in [6.45, 7) is 5.24. The highest BCUT2D eigenvalue weighted by atomic mass is 32.1. The van der Waals surface area contributed by atoms with Crippen molar-refractivity contribution >= 4 is 28.4 Å². The molecule has 8 nitrogen and oxygen atoms in total. The average molecular weight is 449 g/mol. The van der Waals surface area contributed by atoms with Crippen LogP contribution in [0.4, 0.5) is 14.3 Å². The number of benzene rings is 1. The molecular weight excluding hydrogens is 423 g/mol. The van der Waals surface area contributed by atoms with Gasteiger partial charge in [-0.05, 0) is 51.0 Å². The third-order valence-corrected chi connectivity index (χ3v) is 5.98. The van der Waals surface area contributed by atoms with Crippen LogP contribution in [0, 0.1) is 5.82 Å². The number of hydrogen-bond donors (Lipinski definition) is 2. The van der Waals surface area contributed by atoms with E-state index in [0.29, 0.717) is 48.2 Å². The minimum Gasteiger partial charge on any atom is -0.445 e. The third-order valence-electron chi connectivity index (χ3n) is 5.11. The van der Waals surface area contributed by atoms with Gasteiger partial charge in [-0.2, -0.15) is 0 Å². The van der Waals surface area contributed by atoms with Gasteiger partial charge in [0.1, 0.15) is 22.8 Å². The highest BCUT2D eigenvalue weighted by Gasteiger charge is 2.35. The minimum absolute atomic E-state index is 0.298. The zero-order chi connectivity index (χ0) is 22.0. The number of thiazole rings is 1. The van der Waals surface area contributed by atoms with E-state index in [-0.39, 0.29) is 17.8 Å². The Morgan fingerprint density at radius 3 is 2.55 bits per heavy atom. The van der Waals surface area contributed by atoms with Crippen molar-refractivity contribution in [3.8, 4) is 10.8 Å². The number of morpholine rings is 1. The van der Waals surface area contributed by atoms with Crippen molar-refractivity contribution in [2.24, 2.45) is 0 Å². The van der Waals surface area contributed by atoms with Crippen LogP contribution < -0.4 is 15.4 Å². The van der Waals surface area contributed by atoms with Crippen molar-refractivity contribution in [1.29, 1.82) is 0 Å². The number of rotatable bonds is 6. The topological polar surface area (TPSA) is 92.8 Å². The molecule has 2 aliphatic rings. The molecule has 2 N–H and O–H groups in total. The van der Waals surface area contributed by atoms with E-state index in [4.69, 9.17) is 9.47 Å². The van der Waals surface area contributed by atoms with Crippen LogP contribution in [0.25, 0.3) is 0 Å². The van der Waals surface area contributed by atoms with Crippen LogP contribution in [0.2, 0.25) is 0 Å². The Morgan fingerprint density at radius 2 is 1.90 bits per heavy atom. The number of carbonyl (C=O) groups excluding carboxylic acids is 2. The molecule has 0 radical (unpaired) electrons. The predicted molar refractivity (Wildman–Crippen MR) is 114 cm³/mol. The third kappa shape index (κ3) is 5.31. The van der Waals surface area contributed by atoms with Crippen LogP contribution in [0.3, 0.4) is 0 Å². The second-order valence-corrected chi connectivity index (χ2v) is 9.09. The SMILES string of the molecule is CC(C)(NC(=O)N1CCOCC1)C(=O)Nc1nc(C2CC2)c(Oc2ccc(F)cc2)s1. The molecule has 166 valence electrons. The van der Waals surface area contributed by atoms with Gasteiger partial charge in [0.15, 0.2) is 5.13 Å². The molecule has 1 aliphatic carbocycles. The maximum Gasteiger partial charge on any atom is 0.318 e. The van der Waals surface area contributed by atoms with E-state index in [0.717, 1.165) is 18.5 Å². The molecule has 2 heterocycles. The molecule has 1 saturated heterocycles. The highest BCUT2D eigenvalue weighted by Crippen LogP contribution is 2.48. The second-order valence-electron chi connectivity index (χ2n) is 8.13. The Hall–Kier alpha value is -2.72. The van der Waals surface area contributed by atoms with Gasteiger partial charge in [-0.25, -0.2) is 14.2 Å². The van der Waals surface area contributed by atoms with E-state index in [2.05, 4.69) is 15.6 Å². The first-order valence-electron chi connectivity index (χ1n) is 10.2. The summed E-state index contributed by atoms with van der Waals surface area (Å²) in [4.78, 5) is 31.5. The molecule has 0 unspecified atom stereocenters. The van der Waals surface area contributed by atoms with Gasteiger partial charge in [0, 0.05) is 19.0 Å². The number of urea groups is 1. The van der Waals surface area contributed by atoms with Gasteiger partial charge >= 0.3 is 6.03 Å².